The SMILES string of the molecule is O=C(C1COc2ccccc2C1)N1CCN(c2ccc(S(=O)(=O)Nc3ccncn3)cc2)CC1. The second-order valence-electron chi connectivity index (χ2n) is 8.33. The minimum Gasteiger partial charge on any atom is -0.492 e. The van der Waals surface area contributed by atoms with Gasteiger partial charge < -0.3 is 14.5 Å². The number of fused-ring (bicyclic) bond motifs is 1. The van der Waals surface area contributed by atoms with Gasteiger partial charge in [-0.1, -0.05) is 18.2 Å². The molecule has 5 rings (SSSR count). The molecular weight excluding hydrogens is 454 g/mol. The summed E-state index contributed by atoms with van der Waals surface area (Å²) in [6.07, 6.45) is 3.46. The predicted molar refractivity (Wildman–Crippen MR) is 127 cm³/mol. The van der Waals surface area contributed by atoms with E-state index in [-0.39, 0.29) is 22.5 Å². The second kappa shape index (κ2) is 9.30. The van der Waals surface area contributed by atoms with E-state index < -0.39 is 10.0 Å². The number of carbonyl (C=O) groups excluding carboxylic acids is 1. The van der Waals surface area contributed by atoms with Crippen LogP contribution in [0.2, 0.25) is 0 Å². The predicted octanol–water partition coefficient (Wildman–Crippen LogP) is 2.18. The molecule has 1 fully saturated rings. The number of hydrogen-bond acceptors (Lipinski definition) is 7. The van der Waals surface area contributed by atoms with Crippen molar-refractivity contribution in [3.63, 3.8) is 0 Å². The fraction of sp³-hybridized carbons (Fsp3) is 0.292. The number of benzene rings is 2. The highest BCUT2D eigenvalue weighted by molar-refractivity contribution is 7.92. The van der Waals surface area contributed by atoms with Gasteiger partial charge in [-0.15, -0.1) is 0 Å². The number of anilines is 2. The lowest BCUT2D eigenvalue weighted by Gasteiger charge is -2.38. The van der Waals surface area contributed by atoms with Gasteiger partial charge in [-0.05, 0) is 48.4 Å². The Bertz CT molecular complexity index is 1260. The summed E-state index contributed by atoms with van der Waals surface area (Å²) >= 11 is 0. The van der Waals surface area contributed by atoms with E-state index in [1.165, 1.54) is 18.6 Å². The molecule has 176 valence electrons. The molecule has 0 saturated carbocycles. The van der Waals surface area contributed by atoms with Gasteiger partial charge in [0.05, 0.1) is 10.8 Å². The van der Waals surface area contributed by atoms with E-state index in [4.69, 9.17) is 4.74 Å². The van der Waals surface area contributed by atoms with E-state index in [2.05, 4.69) is 19.6 Å². The molecule has 0 radical (unpaired) electrons. The van der Waals surface area contributed by atoms with Crippen LogP contribution in [0, 0.1) is 5.92 Å². The number of nitrogens with zero attached hydrogens (tertiary/aromatic N) is 4. The van der Waals surface area contributed by atoms with Crippen molar-refractivity contribution in [2.24, 2.45) is 5.92 Å². The molecule has 2 aromatic carbocycles. The fourth-order valence-electron chi connectivity index (χ4n) is 4.31. The van der Waals surface area contributed by atoms with Crippen molar-refractivity contribution in [3.8, 4) is 5.75 Å². The van der Waals surface area contributed by atoms with Gasteiger partial charge in [0, 0.05) is 38.1 Å². The number of para-hydroxylation sites is 1. The topological polar surface area (TPSA) is 105 Å². The number of carbonyl (C=O) groups is 1. The summed E-state index contributed by atoms with van der Waals surface area (Å²) in [5.41, 5.74) is 2.00. The molecule has 1 N–H and O–H groups in total. The third kappa shape index (κ3) is 4.67. The van der Waals surface area contributed by atoms with E-state index in [0.717, 1.165) is 17.0 Å². The number of aromatic nitrogens is 2. The number of hydrogen-bond donors (Lipinski definition) is 1. The Morgan fingerprint density at radius 1 is 1.00 bits per heavy atom. The van der Waals surface area contributed by atoms with Gasteiger partial charge in [-0.2, -0.15) is 0 Å². The lowest BCUT2D eigenvalue weighted by Crippen LogP contribution is -2.51. The molecule has 3 heterocycles. The molecule has 10 heteroatoms. The lowest BCUT2D eigenvalue weighted by molar-refractivity contribution is -0.137. The molecule has 3 aromatic rings. The van der Waals surface area contributed by atoms with Crippen molar-refractivity contribution < 1.29 is 17.9 Å². The smallest absolute Gasteiger partial charge is 0.263 e. The number of sulfonamides is 1. The first kappa shape index (κ1) is 22.1. The number of amides is 1. The van der Waals surface area contributed by atoms with Crippen LogP contribution >= 0.6 is 0 Å². The Morgan fingerprint density at radius 2 is 1.76 bits per heavy atom. The molecule has 2 aliphatic heterocycles. The highest BCUT2D eigenvalue weighted by Crippen LogP contribution is 2.28. The number of ether oxygens (including phenoxy) is 1. The van der Waals surface area contributed by atoms with Crippen molar-refractivity contribution >= 4 is 27.4 Å². The molecule has 1 amide bonds. The Balaban J connectivity index is 1.18. The zero-order chi connectivity index (χ0) is 23.5. The maximum Gasteiger partial charge on any atom is 0.263 e. The Labute approximate surface area is 198 Å². The molecule has 34 heavy (non-hydrogen) atoms. The van der Waals surface area contributed by atoms with Gasteiger partial charge in [0.15, 0.2) is 0 Å². The van der Waals surface area contributed by atoms with Crippen molar-refractivity contribution in [3.05, 3.63) is 72.7 Å². The number of piperazine rings is 1. The van der Waals surface area contributed by atoms with Crippen LogP contribution in [-0.4, -0.2) is 62.0 Å². The zero-order valence-electron chi connectivity index (χ0n) is 18.5. The van der Waals surface area contributed by atoms with E-state index in [1.807, 2.05) is 29.2 Å². The normalized spacial score (nSPS) is 18.1. The first-order valence-corrected chi connectivity index (χ1v) is 12.6. The quantitative estimate of drug-likeness (QED) is 0.598. The molecule has 1 saturated heterocycles. The average molecular weight is 480 g/mol. The Hall–Kier alpha value is -3.66. The number of rotatable bonds is 5. The summed E-state index contributed by atoms with van der Waals surface area (Å²) in [4.78, 5) is 25.0. The zero-order valence-corrected chi connectivity index (χ0v) is 19.3. The largest absolute Gasteiger partial charge is 0.492 e. The molecule has 0 bridgehead atoms. The minimum atomic E-state index is -3.74. The van der Waals surface area contributed by atoms with Gasteiger partial charge >= 0.3 is 0 Å². The first-order valence-electron chi connectivity index (χ1n) is 11.1. The minimum absolute atomic E-state index is 0.131. The third-order valence-corrected chi connectivity index (χ3v) is 7.52. The summed E-state index contributed by atoms with van der Waals surface area (Å²) < 4.78 is 33.4. The van der Waals surface area contributed by atoms with Crippen LogP contribution in [0.3, 0.4) is 0 Å². The van der Waals surface area contributed by atoms with Crippen molar-refractivity contribution in [2.75, 3.05) is 42.4 Å². The lowest BCUT2D eigenvalue weighted by atomic mass is 9.95. The van der Waals surface area contributed by atoms with Gasteiger partial charge in [-0.25, -0.2) is 18.4 Å². The molecule has 1 unspecified atom stereocenters. The Kier molecular flexibility index (Phi) is 6.06. The summed E-state index contributed by atoms with van der Waals surface area (Å²) in [6.45, 7) is 3.01. The van der Waals surface area contributed by atoms with Crippen LogP contribution in [0.15, 0.2) is 72.0 Å². The van der Waals surface area contributed by atoms with Crippen LogP contribution in [-0.2, 0) is 21.2 Å². The third-order valence-electron chi connectivity index (χ3n) is 6.15. The number of nitrogens with one attached hydrogen (secondary N) is 1. The summed E-state index contributed by atoms with van der Waals surface area (Å²) in [5, 5.41) is 0. The Morgan fingerprint density at radius 3 is 2.50 bits per heavy atom. The highest BCUT2D eigenvalue weighted by atomic mass is 32.2. The van der Waals surface area contributed by atoms with Crippen LogP contribution in [0.4, 0.5) is 11.5 Å². The highest BCUT2D eigenvalue weighted by Gasteiger charge is 2.31. The molecule has 0 aliphatic carbocycles. The molecule has 0 spiro atoms. The van der Waals surface area contributed by atoms with Gasteiger partial charge in [0.1, 0.15) is 24.5 Å². The second-order valence-corrected chi connectivity index (χ2v) is 10.0. The van der Waals surface area contributed by atoms with Crippen molar-refractivity contribution in [1.82, 2.24) is 14.9 Å². The van der Waals surface area contributed by atoms with E-state index >= 15 is 0 Å². The summed E-state index contributed by atoms with van der Waals surface area (Å²) in [5.74, 6) is 1.06. The molecule has 1 aromatic heterocycles. The van der Waals surface area contributed by atoms with Gasteiger partial charge in [0.25, 0.3) is 10.0 Å². The van der Waals surface area contributed by atoms with Crippen LogP contribution in [0.1, 0.15) is 5.56 Å². The molecule has 1 atom stereocenters. The van der Waals surface area contributed by atoms with Crippen molar-refractivity contribution in [2.45, 2.75) is 11.3 Å². The first-order chi connectivity index (χ1) is 16.5. The molecule has 9 nitrogen and oxygen atoms in total. The van der Waals surface area contributed by atoms with Crippen LogP contribution in [0.25, 0.3) is 0 Å². The van der Waals surface area contributed by atoms with Gasteiger partial charge in [-0.3, -0.25) is 9.52 Å². The van der Waals surface area contributed by atoms with Crippen LogP contribution < -0.4 is 14.4 Å². The molecular formula is C24H25N5O4S. The van der Waals surface area contributed by atoms with E-state index in [0.29, 0.717) is 39.2 Å². The monoisotopic (exact) mass is 479 g/mol. The van der Waals surface area contributed by atoms with E-state index in [9.17, 15) is 13.2 Å². The van der Waals surface area contributed by atoms with Crippen LogP contribution in [0.5, 0.6) is 5.75 Å². The maximum atomic E-state index is 13.1. The summed E-state index contributed by atoms with van der Waals surface area (Å²) in [7, 11) is -3.74. The van der Waals surface area contributed by atoms with E-state index in [1.54, 1.807) is 24.3 Å². The standard InChI is InChI=1S/C24H25N5O4S/c30-24(19-15-18-3-1-2-4-22(18)33-16-19)29-13-11-28(12-14-29)20-5-7-21(8-6-20)34(31,32)27-23-9-10-25-17-26-23/h1-10,17,19H,11-16H2,(H,25,26,27). The van der Waals surface area contributed by atoms with Crippen molar-refractivity contribution in [1.29, 1.82) is 0 Å². The summed E-state index contributed by atoms with van der Waals surface area (Å²) in [6, 6.07) is 16.1. The maximum absolute atomic E-state index is 13.1. The fourth-order valence-corrected chi connectivity index (χ4v) is 5.32. The average Bonchev–Trinajstić information content (AvgIpc) is 2.88. The molecule has 2 aliphatic rings. The van der Waals surface area contributed by atoms with Gasteiger partial charge in [0.2, 0.25) is 5.91 Å².